The fourth-order valence-electron chi connectivity index (χ4n) is 1.86. The van der Waals surface area contributed by atoms with Crippen molar-refractivity contribution >= 4 is 33.0 Å². The van der Waals surface area contributed by atoms with Crippen LogP contribution in [0.1, 0.15) is 11.3 Å². The Labute approximate surface area is 107 Å². The number of methoxy groups -OCH3 is 1. The van der Waals surface area contributed by atoms with E-state index in [9.17, 15) is 4.79 Å². The Morgan fingerprint density at radius 2 is 2.56 bits per heavy atom. The number of thiophene rings is 1. The molecule has 0 bridgehead atoms. The first-order chi connectivity index (χ1) is 7.70. The molecule has 1 saturated heterocycles. The van der Waals surface area contributed by atoms with Gasteiger partial charge in [0, 0.05) is 29.4 Å². The third kappa shape index (κ3) is 2.71. The maximum atomic E-state index is 12.0. The predicted molar refractivity (Wildman–Crippen MR) is 67.9 cm³/mol. The summed E-state index contributed by atoms with van der Waals surface area (Å²) in [5, 5.41) is 5.20. The molecule has 1 aliphatic heterocycles. The number of rotatable bonds is 4. The summed E-state index contributed by atoms with van der Waals surface area (Å²) < 4.78 is 6.26. The van der Waals surface area contributed by atoms with E-state index in [1.54, 1.807) is 18.4 Å². The molecular weight excluding hydrogens is 290 g/mol. The molecule has 1 fully saturated rings. The lowest BCUT2D eigenvalue weighted by Gasteiger charge is -2.08. The number of ether oxygens (including phenoxy) is 1. The second-order valence-electron chi connectivity index (χ2n) is 3.89. The predicted octanol–water partition coefficient (Wildman–Crippen LogP) is 2.00. The van der Waals surface area contributed by atoms with Crippen LogP contribution in [-0.4, -0.2) is 31.6 Å². The zero-order chi connectivity index (χ0) is 11.5. The molecule has 16 heavy (non-hydrogen) atoms. The smallest absolute Gasteiger partial charge is 0.155 e. The molecule has 1 aromatic rings. The van der Waals surface area contributed by atoms with E-state index in [4.69, 9.17) is 4.74 Å². The van der Waals surface area contributed by atoms with Gasteiger partial charge in [-0.15, -0.1) is 11.3 Å². The van der Waals surface area contributed by atoms with Crippen molar-refractivity contribution in [1.29, 1.82) is 0 Å². The molecule has 5 heteroatoms. The van der Waals surface area contributed by atoms with Crippen molar-refractivity contribution in [1.82, 2.24) is 5.32 Å². The van der Waals surface area contributed by atoms with Gasteiger partial charge in [-0.3, -0.25) is 4.79 Å². The van der Waals surface area contributed by atoms with Crippen molar-refractivity contribution in [3.63, 3.8) is 0 Å². The van der Waals surface area contributed by atoms with Gasteiger partial charge in [0.2, 0.25) is 0 Å². The number of nitrogens with one attached hydrogen (secondary N) is 1. The minimum atomic E-state index is -0.0426. The summed E-state index contributed by atoms with van der Waals surface area (Å²) in [5.74, 6) is 0.253. The van der Waals surface area contributed by atoms with Crippen LogP contribution in [0.4, 0.5) is 0 Å². The van der Waals surface area contributed by atoms with E-state index >= 15 is 0 Å². The lowest BCUT2D eigenvalue weighted by atomic mass is 10.1. The van der Waals surface area contributed by atoms with Gasteiger partial charge in [-0.2, -0.15) is 0 Å². The van der Waals surface area contributed by atoms with Crippen molar-refractivity contribution < 1.29 is 9.53 Å². The zero-order valence-electron chi connectivity index (χ0n) is 9.03. The summed E-state index contributed by atoms with van der Waals surface area (Å²) in [6.45, 7) is 0.776. The molecule has 0 aliphatic carbocycles. The van der Waals surface area contributed by atoms with Gasteiger partial charge in [-0.05, 0) is 33.8 Å². The highest BCUT2D eigenvalue weighted by atomic mass is 79.9. The van der Waals surface area contributed by atoms with E-state index in [0.29, 0.717) is 6.42 Å². The van der Waals surface area contributed by atoms with Gasteiger partial charge in [0.25, 0.3) is 0 Å². The van der Waals surface area contributed by atoms with Crippen LogP contribution >= 0.6 is 27.3 Å². The number of carbonyl (C=O) groups excluding carboxylic acids is 1. The van der Waals surface area contributed by atoms with Crippen molar-refractivity contribution in [2.24, 2.45) is 0 Å². The van der Waals surface area contributed by atoms with Crippen LogP contribution in [0.3, 0.4) is 0 Å². The van der Waals surface area contributed by atoms with Gasteiger partial charge in [0.15, 0.2) is 5.78 Å². The highest BCUT2D eigenvalue weighted by Gasteiger charge is 2.29. The van der Waals surface area contributed by atoms with E-state index in [-0.39, 0.29) is 17.9 Å². The fourth-order valence-corrected chi connectivity index (χ4v) is 3.36. The van der Waals surface area contributed by atoms with Gasteiger partial charge in [-0.25, -0.2) is 0 Å². The molecule has 2 unspecified atom stereocenters. The van der Waals surface area contributed by atoms with Crippen molar-refractivity contribution in [3.8, 4) is 0 Å². The van der Waals surface area contributed by atoms with Crippen molar-refractivity contribution in [2.75, 3.05) is 13.7 Å². The minimum Gasteiger partial charge on any atom is -0.380 e. The standard InChI is InChI=1S/C11H14BrNO2S/c1-15-7-4-9(13-6-7)10(14)5-11-8(12)2-3-16-11/h2-3,7,9,13H,4-6H2,1H3. The van der Waals surface area contributed by atoms with Gasteiger partial charge >= 0.3 is 0 Å². The summed E-state index contributed by atoms with van der Waals surface area (Å²) in [7, 11) is 1.69. The summed E-state index contributed by atoms with van der Waals surface area (Å²) in [6.07, 6.45) is 1.48. The molecule has 1 N–H and O–H groups in total. The quantitative estimate of drug-likeness (QED) is 0.924. The van der Waals surface area contributed by atoms with E-state index in [1.807, 2.05) is 11.4 Å². The van der Waals surface area contributed by atoms with Crippen LogP contribution in [0, 0.1) is 0 Å². The molecule has 1 aromatic heterocycles. The van der Waals surface area contributed by atoms with Crippen LogP contribution in [0.25, 0.3) is 0 Å². The first kappa shape index (κ1) is 12.2. The molecule has 2 atom stereocenters. The second-order valence-corrected chi connectivity index (χ2v) is 5.74. The van der Waals surface area contributed by atoms with Gasteiger partial charge in [0.1, 0.15) is 0 Å². The third-order valence-corrected chi connectivity index (χ3v) is 4.76. The molecule has 0 spiro atoms. The van der Waals surface area contributed by atoms with Gasteiger partial charge < -0.3 is 10.1 Å². The Hall–Kier alpha value is -0.230. The number of hydrogen-bond donors (Lipinski definition) is 1. The number of halogens is 1. The molecule has 88 valence electrons. The largest absolute Gasteiger partial charge is 0.380 e. The topological polar surface area (TPSA) is 38.3 Å². The van der Waals surface area contributed by atoms with E-state index in [1.165, 1.54) is 0 Å². The first-order valence-electron chi connectivity index (χ1n) is 5.21. The fraction of sp³-hybridized carbons (Fsp3) is 0.545. The normalized spacial score (nSPS) is 24.9. The molecule has 1 aliphatic rings. The molecule has 3 nitrogen and oxygen atoms in total. The Morgan fingerprint density at radius 3 is 3.12 bits per heavy atom. The minimum absolute atomic E-state index is 0.0426. The first-order valence-corrected chi connectivity index (χ1v) is 6.88. The van der Waals surface area contributed by atoms with Crippen molar-refractivity contribution in [2.45, 2.75) is 25.0 Å². The Bertz CT molecular complexity index is 380. The van der Waals surface area contributed by atoms with Crippen molar-refractivity contribution in [3.05, 3.63) is 20.8 Å². The average Bonchev–Trinajstić information content (AvgIpc) is 2.88. The van der Waals surface area contributed by atoms with E-state index in [0.717, 1.165) is 22.3 Å². The molecule has 0 amide bonds. The summed E-state index contributed by atoms with van der Waals surface area (Å²) >= 11 is 5.06. The summed E-state index contributed by atoms with van der Waals surface area (Å²) in [4.78, 5) is 13.1. The number of Topliss-reactive ketones (excluding diaryl/α,β-unsaturated/α-hetero) is 1. The number of ketones is 1. The maximum Gasteiger partial charge on any atom is 0.155 e. The average molecular weight is 304 g/mol. The molecule has 0 saturated carbocycles. The Morgan fingerprint density at radius 1 is 1.75 bits per heavy atom. The summed E-state index contributed by atoms with van der Waals surface area (Å²) in [6, 6.07) is 1.94. The number of carbonyl (C=O) groups is 1. The number of hydrogen-bond acceptors (Lipinski definition) is 4. The maximum absolute atomic E-state index is 12.0. The highest BCUT2D eigenvalue weighted by Crippen LogP contribution is 2.24. The molecule has 2 rings (SSSR count). The third-order valence-electron chi connectivity index (χ3n) is 2.84. The van der Waals surface area contributed by atoms with Crippen LogP contribution in [0.5, 0.6) is 0 Å². The highest BCUT2D eigenvalue weighted by molar-refractivity contribution is 9.10. The molecule has 0 aromatic carbocycles. The van der Waals surface area contributed by atoms with Crippen LogP contribution in [-0.2, 0) is 16.0 Å². The monoisotopic (exact) mass is 303 g/mol. The lowest BCUT2D eigenvalue weighted by molar-refractivity contribution is -0.120. The van der Waals surface area contributed by atoms with Gasteiger partial charge in [0.05, 0.1) is 12.1 Å². The molecule has 2 heterocycles. The van der Waals surface area contributed by atoms with E-state index in [2.05, 4.69) is 21.2 Å². The van der Waals surface area contributed by atoms with Crippen LogP contribution < -0.4 is 5.32 Å². The Kier molecular flexibility index (Phi) is 4.13. The molecule has 0 radical (unpaired) electrons. The molecular formula is C11H14BrNO2S. The lowest BCUT2D eigenvalue weighted by Crippen LogP contribution is -2.31. The summed E-state index contributed by atoms with van der Waals surface area (Å²) in [5.41, 5.74) is 0. The SMILES string of the molecule is COC1CNC(C(=O)Cc2sccc2Br)C1. The Balaban J connectivity index is 1.92. The second kappa shape index (κ2) is 5.40. The van der Waals surface area contributed by atoms with E-state index < -0.39 is 0 Å². The van der Waals surface area contributed by atoms with Crippen LogP contribution in [0.2, 0.25) is 0 Å². The van der Waals surface area contributed by atoms with Crippen LogP contribution in [0.15, 0.2) is 15.9 Å². The zero-order valence-corrected chi connectivity index (χ0v) is 11.4. The van der Waals surface area contributed by atoms with Gasteiger partial charge in [-0.1, -0.05) is 0 Å².